The molecule has 0 aromatic heterocycles. The minimum absolute atomic E-state index is 0.942. The Hall–Kier alpha value is 0.0900. The van der Waals surface area contributed by atoms with Gasteiger partial charge < -0.3 is 0 Å². The van der Waals surface area contributed by atoms with Gasteiger partial charge in [0.15, 0.2) is 0 Å². The fourth-order valence-corrected chi connectivity index (χ4v) is 3.85. The van der Waals surface area contributed by atoms with E-state index in [1.165, 1.54) is 49.8 Å². The second kappa shape index (κ2) is 8.30. The minimum atomic E-state index is 0.942. The van der Waals surface area contributed by atoms with Crippen LogP contribution in [0.4, 0.5) is 0 Å². The van der Waals surface area contributed by atoms with E-state index in [2.05, 4.69) is 27.7 Å². The topological polar surface area (TPSA) is 0 Å². The third-order valence-electron chi connectivity index (χ3n) is 5.15. The predicted molar refractivity (Wildman–Crippen MR) is 86.2 cm³/mol. The summed E-state index contributed by atoms with van der Waals surface area (Å²) < 4.78 is 0. The normalized spacial score (nSPS) is 32.4. The Labute approximate surface area is 120 Å². The summed E-state index contributed by atoms with van der Waals surface area (Å²) in [5.41, 5.74) is 0. The Bertz CT molecular complexity index is 246. The van der Waals surface area contributed by atoms with Crippen LogP contribution in [0.3, 0.4) is 0 Å². The smallest absolute Gasteiger partial charge is 0.0102 e. The summed E-state index contributed by atoms with van der Waals surface area (Å²) in [5, 5.41) is 0. The Morgan fingerprint density at radius 3 is 2.44 bits per heavy atom. The molecule has 1 saturated carbocycles. The van der Waals surface area contributed by atoms with Crippen LogP contribution in [0.5, 0.6) is 0 Å². The molecule has 0 aliphatic heterocycles. The monoisotopic (exact) mass is 268 g/mol. The molecule has 0 aromatic rings. The molecular weight excluding hydrogens is 236 g/mol. The average Bonchev–Trinajstić information content (AvgIpc) is 2.32. The SMILES string of the molecule is CCC1CC(CCCCCC(C)=S)CC(C)[C@H]1C. The van der Waals surface area contributed by atoms with Gasteiger partial charge in [0.25, 0.3) is 0 Å². The van der Waals surface area contributed by atoms with Gasteiger partial charge in [-0.3, -0.25) is 0 Å². The number of hydrogen-bond acceptors (Lipinski definition) is 1. The molecule has 1 rings (SSSR count). The first-order valence-electron chi connectivity index (χ1n) is 8.04. The Balaban J connectivity index is 2.20. The van der Waals surface area contributed by atoms with Crippen molar-refractivity contribution in [2.75, 3.05) is 0 Å². The van der Waals surface area contributed by atoms with E-state index in [0.29, 0.717) is 0 Å². The van der Waals surface area contributed by atoms with Crippen LogP contribution in [0.25, 0.3) is 0 Å². The van der Waals surface area contributed by atoms with Crippen LogP contribution in [0, 0.1) is 23.7 Å². The first-order chi connectivity index (χ1) is 8.54. The molecule has 0 heterocycles. The van der Waals surface area contributed by atoms with Crippen molar-refractivity contribution in [2.24, 2.45) is 23.7 Å². The standard InChI is InChI=1S/C17H32S/c1-5-17-12-16(11-13(2)15(17)4)10-8-6-7-9-14(3)18/h13,15-17H,5-12H2,1-4H3/t13?,15-,16?,17?/m1/s1. The zero-order valence-electron chi connectivity index (χ0n) is 12.9. The zero-order valence-corrected chi connectivity index (χ0v) is 13.7. The van der Waals surface area contributed by atoms with Crippen LogP contribution in [0.2, 0.25) is 0 Å². The summed E-state index contributed by atoms with van der Waals surface area (Å²) >= 11 is 5.13. The number of hydrogen-bond donors (Lipinski definition) is 0. The molecule has 0 N–H and O–H groups in total. The second-order valence-corrected chi connectivity index (χ2v) is 7.34. The molecule has 0 radical (unpaired) electrons. The molecule has 18 heavy (non-hydrogen) atoms. The van der Waals surface area contributed by atoms with Gasteiger partial charge in [-0.25, -0.2) is 0 Å². The molecule has 3 unspecified atom stereocenters. The van der Waals surface area contributed by atoms with Crippen LogP contribution in [-0.2, 0) is 0 Å². The van der Waals surface area contributed by atoms with Crippen LogP contribution in [0.15, 0.2) is 0 Å². The van der Waals surface area contributed by atoms with E-state index < -0.39 is 0 Å². The van der Waals surface area contributed by atoms with E-state index >= 15 is 0 Å². The molecule has 0 saturated heterocycles. The van der Waals surface area contributed by atoms with Crippen molar-refractivity contribution in [3.05, 3.63) is 0 Å². The van der Waals surface area contributed by atoms with E-state index in [-0.39, 0.29) is 0 Å². The molecule has 0 bridgehead atoms. The first kappa shape index (κ1) is 16.1. The maximum atomic E-state index is 5.13. The molecule has 1 fully saturated rings. The highest BCUT2D eigenvalue weighted by molar-refractivity contribution is 7.80. The van der Waals surface area contributed by atoms with E-state index in [1.807, 2.05) is 0 Å². The fourth-order valence-electron chi connectivity index (χ4n) is 3.70. The summed E-state index contributed by atoms with van der Waals surface area (Å²) in [7, 11) is 0. The summed E-state index contributed by atoms with van der Waals surface area (Å²) in [6, 6.07) is 0. The lowest BCUT2D eigenvalue weighted by Crippen LogP contribution is -2.29. The van der Waals surface area contributed by atoms with Crippen molar-refractivity contribution in [3.8, 4) is 0 Å². The van der Waals surface area contributed by atoms with Gasteiger partial charge in [-0.2, -0.15) is 0 Å². The third kappa shape index (κ3) is 5.38. The first-order valence-corrected chi connectivity index (χ1v) is 8.44. The molecule has 4 atom stereocenters. The maximum absolute atomic E-state index is 5.13. The van der Waals surface area contributed by atoms with Gasteiger partial charge in [-0.15, -0.1) is 0 Å². The van der Waals surface area contributed by atoms with E-state index in [1.54, 1.807) is 0 Å². The van der Waals surface area contributed by atoms with Gasteiger partial charge in [-0.1, -0.05) is 58.7 Å². The number of unbranched alkanes of at least 4 members (excludes halogenated alkanes) is 2. The highest BCUT2D eigenvalue weighted by atomic mass is 32.1. The van der Waals surface area contributed by atoms with Crippen LogP contribution in [-0.4, -0.2) is 4.86 Å². The maximum Gasteiger partial charge on any atom is -0.0102 e. The van der Waals surface area contributed by atoms with E-state index in [0.717, 1.165) is 30.1 Å². The lowest BCUT2D eigenvalue weighted by atomic mass is 9.67. The fraction of sp³-hybridized carbons (Fsp3) is 0.941. The molecule has 1 heteroatoms. The minimum Gasteiger partial charge on any atom is -0.0900 e. The van der Waals surface area contributed by atoms with Crippen molar-refractivity contribution >= 4 is 17.1 Å². The quantitative estimate of drug-likeness (QED) is 0.401. The summed E-state index contributed by atoms with van der Waals surface area (Å²) in [4.78, 5) is 1.18. The van der Waals surface area contributed by atoms with Gasteiger partial charge >= 0.3 is 0 Å². The molecule has 1 aliphatic carbocycles. The van der Waals surface area contributed by atoms with Crippen LogP contribution < -0.4 is 0 Å². The molecule has 0 aromatic carbocycles. The van der Waals surface area contributed by atoms with Crippen molar-refractivity contribution < 1.29 is 0 Å². The van der Waals surface area contributed by atoms with Crippen LogP contribution >= 0.6 is 12.2 Å². The lowest BCUT2D eigenvalue weighted by Gasteiger charge is -2.38. The highest BCUT2D eigenvalue weighted by Crippen LogP contribution is 2.41. The van der Waals surface area contributed by atoms with Crippen molar-refractivity contribution in [2.45, 2.75) is 79.1 Å². The van der Waals surface area contributed by atoms with Gasteiger partial charge in [-0.05, 0) is 61.1 Å². The molecular formula is C17H32S. The van der Waals surface area contributed by atoms with Crippen molar-refractivity contribution in [3.63, 3.8) is 0 Å². The third-order valence-corrected chi connectivity index (χ3v) is 5.35. The molecule has 1 aliphatic rings. The lowest BCUT2D eigenvalue weighted by molar-refractivity contribution is 0.119. The van der Waals surface area contributed by atoms with Crippen molar-refractivity contribution in [1.82, 2.24) is 0 Å². The largest absolute Gasteiger partial charge is 0.0900 e. The average molecular weight is 269 g/mol. The van der Waals surface area contributed by atoms with Gasteiger partial charge in [0.05, 0.1) is 0 Å². The van der Waals surface area contributed by atoms with Gasteiger partial charge in [0.1, 0.15) is 0 Å². The highest BCUT2D eigenvalue weighted by Gasteiger charge is 2.31. The molecule has 0 nitrogen and oxygen atoms in total. The number of rotatable bonds is 7. The van der Waals surface area contributed by atoms with Crippen molar-refractivity contribution in [1.29, 1.82) is 0 Å². The Morgan fingerprint density at radius 1 is 1.11 bits per heavy atom. The summed E-state index contributed by atoms with van der Waals surface area (Å²) in [5.74, 6) is 3.89. The molecule has 0 spiro atoms. The molecule has 106 valence electrons. The molecule has 0 amide bonds. The van der Waals surface area contributed by atoms with E-state index in [9.17, 15) is 0 Å². The summed E-state index contributed by atoms with van der Waals surface area (Å²) in [6.45, 7) is 9.39. The van der Waals surface area contributed by atoms with Crippen LogP contribution in [0.1, 0.15) is 79.1 Å². The Morgan fingerprint density at radius 2 is 1.83 bits per heavy atom. The van der Waals surface area contributed by atoms with Gasteiger partial charge in [0.2, 0.25) is 0 Å². The predicted octanol–water partition coefficient (Wildman–Crippen LogP) is 6.04. The van der Waals surface area contributed by atoms with Gasteiger partial charge in [0, 0.05) is 0 Å². The second-order valence-electron chi connectivity index (χ2n) is 6.64. The zero-order chi connectivity index (χ0) is 13.5. The number of thiocarbonyl (C=S) groups is 1. The summed E-state index contributed by atoms with van der Waals surface area (Å²) in [6.07, 6.45) is 11.1. The van der Waals surface area contributed by atoms with E-state index in [4.69, 9.17) is 12.2 Å². The Kier molecular flexibility index (Phi) is 7.44.